The van der Waals surface area contributed by atoms with E-state index in [9.17, 15) is 9.59 Å². The van der Waals surface area contributed by atoms with Crippen molar-refractivity contribution in [1.82, 2.24) is 20.1 Å². The number of aromatic nitrogens is 2. The largest absolute Gasteiger partial charge is 0.351 e. The lowest BCUT2D eigenvalue weighted by Crippen LogP contribution is -2.38. The van der Waals surface area contributed by atoms with Gasteiger partial charge in [-0.2, -0.15) is 10.2 Å². The lowest BCUT2D eigenvalue weighted by molar-refractivity contribution is -0.130. The summed E-state index contributed by atoms with van der Waals surface area (Å²) in [7, 11) is 1.56. The van der Waals surface area contributed by atoms with Crippen LogP contribution in [0.1, 0.15) is 19.3 Å². The van der Waals surface area contributed by atoms with E-state index in [1.54, 1.807) is 13.2 Å². The van der Waals surface area contributed by atoms with Gasteiger partial charge < -0.3 is 5.32 Å². The fraction of sp³-hybridized carbons (Fsp3) is 0.500. The number of nitrogens with one attached hydrogen (secondary N) is 1. The molecule has 0 saturated heterocycles. The molecule has 1 aromatic rings. The second-order valence-corrected chi connectivity index (χ2v) is 4.34. The van der Waals surface area contributed by atoms with Crippen molar-refractivity contribution in [3.8, 4) is 0 Å². The van der Waals surface area contributed by atoms with Gasteiger partial charge in [0.1, 0.15) is 5.71 Å². The van der Waals surface area contributed by atoms with Gasteiger partial charge in [-0.25, -0.2) is 5.01 Å². The highest BCUT2D eigenvalue weighted by atomic mass is 16.2. The Bertz CT molecular complexity index is 480. The number of nitrogens with zero attached hydrogens (tertiary/aromatic N) is 4. The topological polar surface area (TPSA) is 79.6 Å². The second kappa shape index (κ2) is 6.12. The average Bonchev–Trinajstić information content (AvgIpc) is 2.91. The zero-order valence-electron chi connectivity index (χ0n) is 10.9. The highest BCUT2D eigenvalue weighted by Crippen LogP contribution is 2.06. The molecule has 1 N–H and O–H groups in total. The number of hydrogen-bond donors (Lipinski definition) is 1. The maximum Gasteiger partial charge on any atom is 0.267 e. The maximum atomic E-state index is 11.8. The predicted molar refractivity (Wildman–Crippen MR) is 69.3 cm³/mol. The van der Waals surface area contributed by atoms with Crippen LogP contribution in [0, 0.1) is 0 Å². The Morgan fingerprint density at radius 3 is 3.00 bits per heavy atom. The van der Waals surface area contributed by atoms with Crippen LogP contribution in [0.15, 0.2) is 23.6 Å². The maximum absolute atomic E-state index is 11.8. The van der Waals surface area contributed by atoms with E-state index < -0.39 is 0 Å². The minimum atomic E-state index is -0.195. The summed E-state index contributed by atoms with van der Waals surface area (Å²) in [6.07, 6.45) is 5.16. The summed E-state index contributed by atoms with van der Waals surface area (Å²) in [5, 5.41) is 12.1. The fourth-order valence-corrected chi connectivity index (χ4v) is 1.81. The molecule has 2 amide bonds. The second-order valence-electron chi connectivity index (χ2n) is 4.34. The van der Waals surface area contributed by atoms with Gasteiger partial charge in [-0.15, -0.1) is 0 Å². The minimum Gasteiger partial charge on any atom is -0.351 e. The van der Waals surface area contributed by atoms with Crippen LogP contribution >= 0.6 is 0 Å². The smallest absolute Gasteiger partial charge is 0.267 e. The number of rotatable bonds is 5. The molecule has 7 heteroatoms. The van der Waals surface area contributed by atoms with E-state index in [-0.39, 0.29) is 11.8 Å². The number of aryl methyl sites for hydroxylation is 1. The summed E-state index contributed by atoms with van der Waals surface area (Å²) in [6, 6.07) is 1.86. The van der Waals surface area contributed by atoms with Gasteiger partial charge in [-0.05, 0) is 12.5 Å². The lowest BCUT2D eigenvalue weighted by atomic mass is 10.1. The molecule has 1 aliphatic heterocycles. The van der Waals surface area contributed by atoms with Crippen molar-refractivity contribution < 1.29 is 9.59 Å². The summed E-state index contributed by atoms with van der Waals surface area (Å²) in [4.78, 5) is 23.0. The Labute approximate surface area is 111 Å². The molecule has 2 rings (SSSR count). The Kier molecular flexibility index (Phi) is 4.27. The Balaban J connectivity index is 1.72. The van der Waals surface area contributed by atoms with Gasteiger partial charge in [0.25, 0.3) is 5.91 Å². The number of amides is 2. The van der Waals surface area contributed by atoms with E-state index in [1.807, 2.05) is 16.9 Å². The fourth-order valence-electron chi connectivity index (χ4n) is 1.81. The first kappa shape index (κ1) is 13.3. The van der Waals surface area contributed by atoms with Gasteiger partial charge in [-0.1, -0.05) is 0 Å². The highest BCUT2D eigenvalue weighted by Gasteiger charge is 2.21. The zero-order valence-corrected chi connectivity index (χ0v) is 10.9. The van der Waals surface area contributed by atoms with Crippen LogP contribution in [0.5, 0.6) is 0 Å². The molecule has 0 atom stereocenters. The summed E-state index contributed by atoms with van der Waals surface area (Å²) >= 11 is 0. The minimum absolute atomic E-state index is 0.0600. The van der Waals surface area contributed by atoms with E-state index in [4.69, 9.17) is 0 Å². The Hall–Kier alpha value is -2.18. The molecule has 1 aliphatic rings. The lowest BCUT2D eigenvalue weighted by Gasteiger charge is -2.18. The van der Waals surface area contributed by atoms with E-state index in [1.165, 1.54) is 5.01 Å². The molecule has 0 radical (unpaired) electrons. The quantitative estimate of drug-likeness (QED) is 0.759. The molecule has 0 fully saturated rings. The molecule has 0 unspecified atom stereocenters. The number of carbonyl (C=O) groups is 2. The molecule has 0 aromatic carbocycles. The van der Waals surface area contributed by atoms with Crippen LogP contribution in [-0.2, 0) is 16.1 Å². The number of hydrazone groups is 1. The number of hydrogen-bond acceptors (Lipinski definition) is 4. The van der Waals surface area contributed by atoms with Crippen LogP contribution < -0.4 is 5.32 Å². The number of carbonyl (C=O) groups excluding carboxylic acids is 2. The van der Waals surface area contributed by atoms with Crippen LogP contribution in [0.3, 0.4) is 0 Å². The normalized spacial score (nSPS) is 15.3. The molecule has 1 aromatic heterocycles. The highest BCUT2D eigenvalue weighted by molar-refractivity contribution is 6.39. The molecule has 0 bridgehead atoms. The molecule has 0 spiro atoms. The van der Waals surface area contributed by atoms with E-state index >= 15 is 0 Å². The van der Waals surface area contributed by atoms with Gasteiger partial charge in [-0.3, -0.25) is 14.3 Å². The first-order valence-electron chi connectivity index (χ1n) is 6.26. The molecular weight excluding hydrogens is 246 g/mol. The molecular formula is C12H17N5O2. The van der Waals surface area contributed by atoms with E-state index in [0.717, 1.165) is 13.0 Å². The molecule has 19 heavy (non-hydrogen) atoms. The molecule has 0 aliphatic carbocycles. The van der Waals surface area contributed by atoms with Crippen molar-refractivity contribution in [1.29, 1.82) is 0 Å². The molecule has 0 saturated carbocycles. The standard InChI is InChI=1S/C12H17N5O2/c1-16-11(18)5-4-10(15-16)12(19)13-6-2-8-17-9-3-7-14-17/h3,7,9H,2,4-6,8H2,1H3,(H,13,19). The third-order valence-electron chi connectivity index (χ3n) is 2.88. The van der Waals surface area contributed by atoms with Crippen molar-refractivity contribution in [2.45, 2.75) is 25.8 Å². The van der Waals surface area contributed by atoms with Crippen LogP contribution in [0.2, 0.25) is 0 Å². The van der Waals surface area contributed by atoms with E-state index in [0.29, 0.717) is 25.1 Å². The third-order valence-corrected chi connectivity index (χ3v) is 2.88. The van der Waals surface area contributed by atoms with Gasteiger partial charge >= 0.3 is 0 Å². The van der Waals surface area contributed by atoms with Gasteiger partial charge in [0.2, 0.25) is 5.91 Å². The van der Waals surface area contributed by atoms with Crippen molar-refractivity contribution in [2.24, 2.45) is 5.10 Å². The van der Waals surface area contributed by atoms with Gasteiger partial charge in [0.15, 0.2) is 0 Å². The van der Waals surface area contributed by atoms with E-state index in [2.05, 4.69) is 15.5 Å². The summed E-state index contributed by atoms with van der Waals surface area (Å²) in [5.41, 5.74) is 0.418. The van der Waals surface area contributed by atoms with Crippen molar-refractivity contribution in [2.75, 3.05) is 13.6 Å². The van der Waals surface area contributed by atoms with Crippen molar-refractivity contribution in [3.05, 3.63) is 18.5 Å². The summed E-state index contributed by atoms with van der Waals surface area (Å²) < 4.78 is 1.82. The molecule has 102 valence electrons. The van der Waals surface area contributed by atoms with Gasteiger partial charge in [0, 0.05) is 45.4 Å². The van der Waals surface area contributed by atoms with Crippen LogP contribution in [0.4, 0.5) is 0 Å². The third kappa shape index (κ3) is 3.64. The van der Waals surface area contributed by atoms with Crippen LogP contribution in [0.25, 0.3) is 0 Å². The first-order valence-corrected chi connectivity index (χ1v) is 6.26. The van der Waals surface area contributed by atoms with Crippen LogP contribution in [-0.4, -0.2) is 45.9 Å². The summed E-state index contributed by atoms with van der Waals surface area (Å²) in [5.74, 6) is -0.255. The van der Waals surface area contributed by atoms with Crippen molar-refractivity contribution >= 4 is 17.5 Å². The molecule has 7 nitrogen and oxygen atoms in total. The SMILES string of the molecule is CN1N=C(C(=O)NCCCn2cccn2)CCC1=O. The molecule has 2 heterocycles. The first-order chi connectivity index (χ1) is 9.16. The monoisotopic (exact) mass is 263 g/mol. The Morgan fingerprint density at radius 1 is 1.47 bits per heavy atom. The predicted octanol–water partition coefficient (Wildman–Crippen LogP) is -0.00240. The van der Waals surface area contributed by atoms with Gasteiger partial charge in [0.05, 0.1) is 0 Å². The zero-order chi connectivity index (χ0) is 13.7. The Morgan fingerprint density at radius 2 is 2.32 bits per heavy atom. The average molecular weight is 263 g/mol. The summed E-state index contributed by atoms with van der Waals surface area (Å²) in [6.45, 7) is 1.33. The van der Waals surface area contributed by atoms with Crippen molar-refractivity contribution in [3.63, 3.8) is 0 Å².